The van der Waals surface area contributed by atoms with Gasteiger partial charge in [0.2, 0.25) is 0 Å². The van der Waals surface area contributed by atoms with Crippen LogP contribution in [0.15, 0.2) is 53.1 Å². The van der Waals surface area contributed by atoms with E-state index in [4.69, 9.17) is 9.26 Å². The highest BCUT2D eigenvalue weighted by atomic mass is 19.4. The molecule has 0 N–H and O–H groups in total. The first-order valence-electron chi connectivity index (χ1n) is 9.16. The highest BCUT2D eigenvalue weighted by Gasteiger charge is 2.30. The zero-order chi connectivity index (χ0) is 21.7. The van der Waals surface area contributed by atoms with Gasteiger partial charge in [-0.05, 0) is 37.3 Å². The Kier molecular flexibility index (Phi) is 6.39. The van der Waals surface area contributed by atoms with E-state index in [-0.39, 0.29) is 24.2 Å². The van der Waals surface area contributed by atoms with Crippen molar-refractivity contribution in [2.24, 2.45) is 0 Å². The Morgan fingerprint density at radius 2 is 1.93 bits per heavy atom. The molecule has 0 aliphatic heterocycles. The fraction of sp³-hybridized carbons (Fsp3) is 0.286. The Labute approximate surface area is 171 Å². The lowest BCUT2D eigenvalue weighted by Gasteiger charge is -2.16. The summed E-state index contributed by atoms with van der Waals surface area (Å²) in [5.41, 5.74) is 0.797. The van der Waals surface area contributed by atoms with Gasteiger partial charge in [0, 0.05) is 25.6 Å². The van der Waals surface area contributed by atoms with Crippen molar-refractivity contribution in [2.75, 3.05) is 13.6 Å². The van der Waals surface area contributed by atoms with E-state index in [0.717, 1.165) is 17.7 Å². The Balaban J connectivity index is 1.52. The molecule has 1 aromatic heterocycles. The van der Waals surface area contributed by atoms with Gasteiger partial charge in [-0.15, -0.1) is 0 Å². The Hall–Kier alpha value is -3.36. The largest absolute Gasteiger partial charge is 0.484 e. The average Bonchev–Trinajstić information content (AvgIpc) is 3.17. The maximum Gasteiger partial charge on any atom is 0.416 e. The van der Waals surface area contributed by atoms with Crippen LogP contribution in [0.4, 0.5) is 13.2 Å². The number of aryl methyl sites for hydroxylation is 1. The van der Waals surface area contributed by atoms with E-state index in [1.54, 1.807) is 18.0 Å². The van der Waals surface area contributed by atoms with E-state index < -0.39 is 11.7 Å². The molecule has 0 saturated carbocycles. The molecule has 0 radical (unpaired) electrons. The molecule has 9 heteroatoms. The molecule has 3 rings (SSSR count). The first-order valence-corrected chi connectivity index (χ1v) is 9.16. The first kappa shape index (κ1) is 21.4. The number of amides is 1. The van der Waals surface area contributed by atoms with Crippen molar-refractivity contribution in [3.05, 3.63) is 76.9 Å². The highest BCUT2D eigenvalue weighted by molar-refractivity contribution is 5.94. The number of carbonyl (C=O) groups excluding carboxylic acids is 1. The van der Waals surface area contributed by atoms with Crippen molar-refractivity contribution in [2.45, 2.75) is 26.1 Å². The lowest BCUT2D eigenvalue weighted by atomic mass is 10.1. The minimum atomic E-state index is -4.45. The number of nitrogens with zero attached hydrogens (tertiary/aromatic N) is 3. The van der Waals surface area contributed by atoms with Gasteiger partial charge in [0.25, 0.3) is 11.8 Å². The SMILES string of the molecule is Cc1cccc(C(=O)N(C)CCc2noc(COc3cccc(C(F)(F)F)c3)n2)c1. The molecular formula is C21H20F3N3O3. The van der Waals surface area contributed by atoms with E-state index in [1.807, 2.05) is 25.1 Å². The number of aromatic nitrogens is 2. The average molecular weight is 419 g/mol. The van der Waals surface area contributed by atoms with E-state index in [1.165, 1.54) is 12.1 Å². The van der Waals surface area contributed by atoms with E-state index >= 15 is 0 Å². The second-order valence-corrected chi connectivity index (χ2v) is 6.76. The molecule has 6 nitrogen and oxygen atoms in total. The Morgan fingerprint density at radius 3 is 2.67 bits per heavy atom. The zero-order valence-corrected chi connectivity index (χ0v) is 16.4. The van der Waals surface area contributed by atoms with Crippen molar-refractivity contribution in [3.8, 4) is 5.75 Å². The van der Waals surface area contributed by atoms with Crippen LogP contribution in [-0.4, -0.2) is 34.5 Å². The van der Waals surface area contributed by atoms with Gasteiger partial charge in [-0.3, -0.25) is 4.79 Å². The second-order valence-electron chi connectivity index (χ2n) is 6.76. The molecule has 0 aliphatic rings. The fourth-order valence-electron chi connectivity index (χ4n) is 2.73. The van der Waals surface area contributed by atoms with E-state index in [2.05, 4.69) is 10.1 Å². The van der Waals surface area contributed by atoms with Crippen molar-refractivity contribution in [1.29, 1.82) is 0 Å². The normalized spacial score (nSPS) is 11.4. The number of halogens is 3. The van der Waals surface area contributed by atoms with Crippen LogP contribution in [0, 0.1) is 6.92 Å². The summed E-state index contributed by atoms with van der Waals surface area (Å²) >= 11 is 0. The highest BCUT2D eigenvalue weighted by Crippen LogP contribution is 2.31. The maximum atomic E-state index is 12.7. The number of carbonyl (C=O) groups is 1. The predicted molar refractivity (Wildman–Crippen MR) is 102 cm³/mol. The number of benzene rings is 2. The molecule has 0 atom stereocenters. The zero-order valence-electron chi connectivity index (χ0n) is 16.4. The number of alkyl halides is 3. The molecular weight excluding hydrogens is 399 g/mol. The van der Waals surface area contributed by atoms with Crippen LogP contribution in [0.1, 0.15) is 33.2 Å². The van der Waals surface area contributed by atoms with E-state index in [9.17, 15) is 18.0 Å². The molecule has 0 unspecified atom stereocenters. The van der Waals surface area contributed by atoms with Gasteiger partial charge in [-0.1, -0.05) is 28.9 Å². The number of hydrogen-bond acceptors (Lipinski definition) is 5. The van der Waals surface area contributed by atoms with Crippen molar-refractivity contribution in [1.82, 2.24) is 15.0 Å². The summed E-state index contributed by atoms with van der Waals surface area (Å²) in [6, 6.07) is 11.9. The molecule has 0 saturated heterocycles. The van der Waals surface area contributed by atoms with Gasteiger partial charge in [-0.2, -0.15) is 18.2 Å². The number of ether oxygens (including phenoxy) is 1. The molecule has 0 fully saturated rings. The van der Waals surface area contributed by atoms with Gasteiger partial charge in [0.15, 0.2) is 12.4 Å². The lowest BCUT2D eigenvalue weighted by molar-refractivity contribution is -0.137. The summed E-state index contributed by atoms with van der Waals surface area (Å²) in [6.07, 6.45) is -4.08. The summed E-state index contributed by atoms with van der Waals surface area (Å²) in [5, 5.41) is 3.82. The maximum absolute atomic E-state index is 12.7. The van der Waals surface area contributed by atoms with Crippen LogP contribution in [0.5, 0.6) is 5.75 Å². The van der Waals surface area contributed by atoms with Crippen molar-refractivity contribution >= 4 is 5.91 Å². The Bertz CT molecular complexity index is 1020. The molecule has 30 heavy (non-hydrogen) atoms. The molecule has 0 spiro atoms. The number of hydrogen-bond donors (Lipinski definition) is 0. The number of likely N-dealkylation sites (N-methyl/N-ethyl adjacent to an activating group) is 1. The summed E-state index contributed by atoms with van der Waals surface area (Å²) < 4.78 is 48.6. The molecule has 0 aliphatic carbocycles. The third kappa shape index (κ3) is 5.59. The molecule has 0 bridgehead atoms. The van der Waals surface area contributed by atoms with Crippen molar-refractivity contribution < 1.29 is 27.2 Å². The van der Waals surface area contributed by atoms with Crippen LogP contribution in [0.25, 0.3) is 0 Å². The van der Waals surface area contributed by atoms with Crippen LogP contribution in [0.2, 0.25) is 0 Å². The standard InChI is InChI=1S/C21H20F3N3O3/c1-14-5-3-6-15(11-14)20(28)27(2)10-9-18-25-19(30-26-18)13-29-17-8-4-7-16(12-17)21(22,23)24/h3-8,11-12H,9-10,13H2,1-2H3. The van der Waals surface area contributed by atoms with Gasteiger partial charge >= 0.3 is 6.18 Å². The smallest absolute Gasteiger partial charge is 0.416 e. The van der Waals surface area contributed by atoms with E-state index in [0.29, 0.717) is 24.4 Å². The summed E-state index contributed by atoms with van der Waals surface area (Å²) in [6.45, 7) is 2.13. The molecule has 1 heterocycles. The van der Waals surface area contributed by atoms with Gasteiger partial charge < -0.3 is 14.2 Å². The Morgan fingerprint density at radius 1 is 1.17 bits per heavy atom. The predicted octanol–water partition coefficient (Wildman–Crippen LogP) is 4.29. The van der Waals surface area contributed by atoms with Crippen LogP contribution in [0.3, 0.4) is 0 Å². The summed E-state index contributed by atoms with van der Waals surface area (Å²) in [5.74, 6) is 0.444. The van der Waals surface area contributed by atoms with Crippen LogP contribution >= 0.6 is 0 Å². The molecule has 3 aromatic rings. The second kappa shape index (κ2) is 8.98. The summed E-state index contributed by atoms with van der Waals surface area (Å²) in [4.78, 5) is 18.2. The fourth-order valence-corrected chi connectivity index (χ4v) is 2.73. The van der Waals surface area contributed by atoms with Gasteiger partial charge in [-0.25, -0.2) is 0 Å². The first-order chi connectivity index (χ1) is 14.2. The topological polar surface area (TPSA) is 68.5 Å². The van der Waals surface area contributed by atoms with Gasteiger partial charge in [0.1, 0.15) is 5.75 Å². The third-order valence-electron chi connectivity index (χ3n) is 4.32. The van der Waals surface area contributed by atoms with Crippen LogP contribution < -0.4 is 4.74 Å². The molecule has 2 aromatic carbocycles. The lowest BCUT2D eigenvalue weighted by Crippen LogP contribution is -2.29. The third-order valence-corrected chi connectivity index (χ3v) is 4.32. The van der Waals surface area contributed by atoms with Crippen LogP contribution in [-0.2, 0) is 19.2 Å². The minimum Gasteiger partial charge on any atom is -0.484 e. The molecule has 1 amide bonds. The number of rotatable bonds is 7. The summed E-state index contributed by atoms with van der Waals surface area (Å²) in [7, 11) is 1.68. The van der Waals surface area contributed by atoms with Gasteiger partial charge in [0.05, 0.1) is 5.56 Å². The minimum absolute atomic E-state index is 0.0491. The molecule has 158 valence electrons. The van der Waals surface area contributed by atoms with Crippen molar-refractivity contribution in [3.63, 3.8) is 0 Å². The monoisotopic (exact) mass is 419 g/mol. The quantitative estimate of drug-likeness (QED) is 0.572.